The first kappa shape index (κ1) is 15.7. The molecule has 1 aliphatic heterocycles. The van der Waals surface area contributed by atoms with E-state index < -0.39 is 6.10 Å². The lowest BCUT2D eigenvalue weighted by atomic mass is 10.0. The lowest BCUT2D eigenvalue weighted by Gasteiger charge is -2.16. The summed E-state index contributed by atoms with van der Waals surface area (Å²) in [4.78, 5) is 18.1. The molecular weight excluding hydrogens is 292 g/mol. The van der Waals surface area contributed by atoms with E-state index in [1.807, 2.05) is 25.1 Å². The van der Waals surface area contributed by atoms with Gasteiger partial charge in [0.15, 0.2) is 0 Å². The zero-order chi connectivity index (χ0) is 16.2. The summed E-state index contributed by atoms with van der Waals surface area (Å²) < 4.78 is 0. The summed E-state index contributed by atoms with van der Waals surface area (Å²) in [7, 11) is 0. The first-order chi connectivity index (χ1) is 11.1. The topological polar surface area (TPSA) is 82.1 Å². The van der Waals surface area contributed by atoms with Crippen molar-refractivity contribution in [3.8, 4) is 0 Å². The smallest absolute Gasteiger partial charge is 0.223 e. The Labute approximate surface area is 135 Å². The zero-order valence-electron chi connectivity index (χ0n) is 13.3. The van der Waals surface area contributed by atoms with E-state index in [0.29, 0.717) is 32.4 Å². The van der Waals surface area contributed by atoms with Gasteiger partial charge in [0.25, 0.3) is 0 Å². The number of H-pyrrole nitrogens is 1. The molecule has 0 aromatic carbocycles. The number of rotatable bonds is 5. The molecular formula is C17H22N4O2. The Kier molecular flexibility index (Phi) is 4.71. The van der Waals surface area contributed by atoms with Crippen LogP contribution in [0.4, 0.5) is 0 Å². The van der Waals surface area contributed by atoms with Gasteiger partial charge in [-0.05, 0) is 43.5 Å². The quantitative estimate of drug-likeness (QED) is 0.866. The van der Waals surface area contributed by atoms with Crippen LogP contribution in [0.1, 0.15) is 23.4 Å². The Bertz CT molecular complexity index is 656. The second-order valence-corrected chi connectivity index (χ2v) is 6.23. The van der Waals surface area contributed by atoms with Crippen molar-refractivity contribution in [3.63, 3.8) is 0 Å². The molecule has 6 nitrogen and oxygen atoms in total. The highest BCUT2D eigenvalue weighted by atomic mass is 16.3. The molecule has 2 atom stereocenters. The molecule has 0 bridgehead atoms. The monoisotopic (exact) mass is 314 g/mol. The maximum absolute atomic E-state index is 12.3. The molecule has 2 aromatic heterocycles. The summed E-state index contributed by atoms with van der Waals surface area (Å²) in [5.41, 5.74) is 3.06. The summed E-state index contributed by atoms with van der Waals surface area (Å²) in [5, 5.41) is 17.3. The molecule has 23 heavy (non-hydrogen) atoms. The predicted molar refractivity (Wildman–Crippen MR) is 85.7 cm³/mol. The number of hydrogen-bond acceptors (Lipinski definition) is 4. The van der Waals surface area contributed by atoms with Gasteiger partial charge in [0.05, 0.1) is 11.8 Å². The number of aromatic nitrogens is 3. The third kappa shape index (κ3) is 3.96. The largest absolute Gasteiger partial charge is 0.391 e. The van der Waals surface area contributed by atoms with Crippen LogP contribution >= 0.6 is 0 Å². The van der Waals surface area contributed by atoms with Gasteiger partial charge in [-0.15, -0.1) is 0 Å². The van der Waals surface area contributed by atoms with Gasteiger partial charge in [-0.25, -0.2) is 0 Å². The van der Waals surface area contributed by atoms with Crippen LogP contribution < -0.4 is 0 Å². The second kappa shape index (κ2) is 6.91. The van der Waals surface area contributed by atoms with Crippen molar-refractivity contribution in [2.45, 2.75) is 32.3 Å². The van der Waals surface area contributed by atoms with Crippen molar-refractivity contribution in [1.29, 1.82) is 0 Å². The van der Waals surface area contributed by atoms with Gasteiger partial charge in [-0.1, -0.05) is 0 Å². The van der Waals surface area contributed by atoms with Crippen molar-refractivity contribution >= 4 is 5.91 Å². The van der Waals surface area contributed by atoms with E-state index in [9.17, 15) is 9.90 Å². The van der Waals surface area contributed by atoms with Crippen LogP contribution in [0.15, 0.2) is 30.6 Å². The molecule has 1 amide bonds. The minimum atomic E-state index is -0.475. The number of aliphatic hydroxyl groups is 1. The molecule has 0 saturated carbocycles. The normalized spacial score (nSPS) is 20.9. The molecule has 2 N–H and O–H groups in total. The van der Waals surface area contributed by atoms with E-state index in [0.717, 1.165) is 17.0 Å². The average molecular weight is 314 g/mol. The van der Waals surface area contributed by atoms with Crippen molar-refractivity contribution in [2.24, 2.45) is 5.92 Å². The second-order valence-electron chi connectivity index (χ2n) is 6.23. The Morgan fingerprint density at radius 3 is 2.87 bits per heavy atom. The van der Waals surface area contributed by atoms with E-state index in [1.54, 1.807) is 17.3 Å². The first-order valence-electron chi connectivity index (χ1n) is 7.97. The minimum Gasteiger partial charge on any atom is -0.391 e. The molecule has 1 saturated heterocycles. The van der Waals surface area contributed by atoms with Crippen molar-refractivity contribution in [3.05, 3.63) is 47.5 Å². The predicted octanol–water partition coefficient (Wildman–Crippen LogP) is 1.11. The highest BCUT2D eigenvalue weighted by Gasteiger charge is 2.34. The molecule has 0 aliphatic carbocycles. The van der Waals surface area contributed by atoms with Crippen molar-refractivity contribution in [2.75, 3.05) is 13.1 Å². The maximum Gasteiger partial charge on any atom is 0.223 e. The lowest BCUT2D eigenvalue weighted by molar-refractivity contribution is -0.130. The van der Waals surface area contributed by atoms with Gasteiger partial charge < -0.3 is 10.0 Å². The average Bonchev–Trinajstić information content (AvgIpc) is 3.13. The van der Waals surface area contributed by atoms with Gasteiger partial charge in [-0.2, -0.15) is 5.10 Å². The van der Waals surface area contributed by atoms with Crippen LogP contribution in [0.25, 0.3) is 0 Å². The van der Waals surface area contributed by atoms with Gasteiger partial charge in [0.2, 0.25) is 5.91 Å². The van der Waals surface area contributed by atoms with Crippen LogP contribution in [0.2, 0.25) is 0 Å². The molecule has 6 heteroatoms. The summed E-state index contributed by atoms with van der Waals surface area (Å²) >= 11 is 0. The van der Waals surface area contributed by atoms with E-state index in [-0.39, 0.29) is 11.8 Å². The lowest BCUT2D eigenvalue weighted by Crippen LogP contribution is -2.29. The fourth-order valence-corrected chi connectivity index (χ4v) is 3.06. The number of nitrogens with zero attached hydrogens (tertiary/aromatic N) is 3. The first-order valence-corrected chi connectivity index (χ1v) is 7.97. The Morgan fingerprint density at radius 1 is 1.39 bits per heavy atom. The van der Waals surface area contributed by atoms with Crippen LogP contribution in [0.5, 0.6) is 0 Å². The molecule has 0 spiro atoms. The molecule has 3 rings (SSSR count). The summed E-state index contributed by atoms with van der Waals surface area (Å²) in [6.07, 6.45) is 4.86. The van der Waals surface area contributed by atoms with Crippen LogP contribution in [0, 0.1) is 12.8 Å². The van der Waals surface area contributed by atoms with Crippen molar-refractivity contribution < 1.29 is 9.90 Å². The van der Waals surface area contributed by atoms with Crippen LogP contribution in [0.3, 0.4) is 0 Å². The van der Waals surface area contributed by atoms with Gasteiger partial charge in [0, 0.05) is 43.5 Å². The van der Waals surface area contributed by atoms with Gasteiger partial charge in [0.1, 0.15) is 0 Å². The number of β-amino-alcohol motifs (C(OH)–C–C–N with tert-alkyl or cyclic N) is 1. The molecule has 0 radical (unpaired) electrons. The standard InChI is InChI=1S/C17H22N4O2/c1-12-8-15(20-19-12)9-14-10-21(11-16(14)22)17(23)3-2-13-4-6-18-7-5-13/h4-8,14,16,22H,2-3,9-11H2,1H3,(H,19,20). The number of pyridine rings is 1. The number of hydrogen-bond donors (Lipinski definition) is 2. The Morgan fingerprint density at radius 2 is 2.17 bits per heavy atom. The molecule has 122 valence electrons. The van der Waals surface area contributed by atoms with E-state index >= 15 is 0 Å². The fraction of sp³-hybridized carbons (Fsp3) is 0.471. The number of aliphatic hydroxyl groups excluding tert-OH is 1. The number of carbonyl (C=O) groups excluding carboxylic acids is 1. The SMILES string of the molecule is Cc1cc(CC2CN(C(=O)CCc3ccncc3)CC2O)n[nH]1. The highest BCUT2D eigenvalue weighted by Crippen LogP contribution is 2.22. The zero-order valence-corrected chi connectivity index (χ0v) is 13.3. The summed E-state index contributed by atoms with van der Waals surface area (Å²) in [6, 6.07) is 5.84. The number of amides is 1. The van der Waals surface area contributed by atoms with Gasteiger partial charge in [-0.3, -0.25) is 14.9 Å². The van der Waals surface area contributed by atoms with E-state index in [2.05, 4.69) is 15.2 Å². The van der Waals surface area contributed by atoms with Crippen molar-refractivity contribution in [1.82, 2.24) is 20.1 Å². The molecule has 1 aliphatic rings. The number of aryl methyl sites for hydroxylation is 2. The molecule has 3 heterocycles. The van der Waals surface area contributed by atoms with Gasteiger partial charge >= 0.3 is 0 Å². The van der Waals surface area contributed by atoms with E-state index in [4.69, 9.17) is 0 Å². The van der Waals surface area contributed by atoms with E-state index in [1.165, 1.54) is 0 Å². The number of aromatic amines is 1. The highest BCUT2D eigenvalue weighted by molar-refractivity contribution is 5.76. The third-order valence-corrected chi connectivity index (χ3v) is 4.37. The maximum atomic E-state index is 12.3. The third-order valence-electron chi connectivity index (χ3n) is 4.37. The number of carbonyl (C=O) groups is 1. The molecule has 2 aromatic rings. The molecule has 2 unspecified atom stereocenters. The van der Waals surface area contributed by atoms with Crippen LogP contribution in [-0.4, -0.2) is 50.3 Å². The fourth-order valence-electron chi connectivity index (χ4n) is 3.06. The Hall–Kier alpha value is -2.21. The Balaban J connectivity index is 1.52. The molecule has 1 fully saturated rings. The number of likely N-dealkylation sites (tertiary alicyclic amines) is 1. The number of nitrogens with one attached hydrogen (secondary N) is 1. The van der Waals surface area contributed by atoms with Crippen LogP contribution in [-0.2, 0) is 17.6 Å². The summed E-state index contributed by atoms with van der Waals surface area (Å²) in [6.45, 7) is 2.97. The minimum absolute atomic E-state index is 0.0579. The summed E-state index contributed by atoms with van der Waals surface area (Å²) in [5.74, 6) is 0.157.